The van der Waals surface area contributed by atoms with Gasteiger partial charge in [-0.05, 0) is 47.5 Å². The molecule has 4 heteroatoms. The molecule has 0 bridgehead atoms. The maximum Gasteiger partial charge on any atom is 0.161 e. The summed E-state index contributed by atoms with van der Waals surface area (Å²) in [5.41, 5.74) is 2.88. The van der Waals surface area contributed by atoms with Gasteiger partial charge in [0.1, 0.15) is 19.0 Å². The number of benzene rings is 2. The number of hydrogen-bond donors (Lipinski definition) is 1. The van der Waals surface area contributed by atoms with E-state index in [-0.39, 0.29) is 5.82 Å². The first-order valence-electron chi connectivity index (χ1n) is 7.17. The van der Waals surface area contributed by atoms with Crippen molar-refractivity contribution in [1.82, 2.24) is 5.32 Å². The molecule has 0 saturated carbocycles. The summed E-state index contributed by atoms with van der Waals surface area (Å²) >= 11 is 0. The number of nitrogens with one attached hydrogen (secondary N) is 1. The van der Waals surface area contributed by atoms with E-state index >= 15 is 0 Å². The zero-order valence-corrected chi connectivity index (χ0v) is 12.0. The van der Waals surface area contributed by atoms with Crippen molar-refractivity contribution in [3.05, 3.63) is 47.8 Å². The maximum atomic E-state index is 13.6. The van der Waals surface area contributed by atoms with E-state index < -0.39 is 0 Å². The lowest BCUT2D eigenvalue weighted by atomic mass is 9.99. The summed E-state index contributed by atoms with van der Waals surface area (Å²) in [5, 5.41) is 3.28. The van der Waals surface area contributed by atoms with Gasteiger partial charge in [0.05, 0.1) is 0 Å². The molecule has 0 unspecified atom stereocenters. The maximum absolute atomic E-state index is 13.6. The summed E-state index contributed by atoms with van der Waals surface area (Å²) in [6.07, 6.45) is 0. The van der Waals surface area contributed by atoms with E-state index in [0.717, 1.165) is 34.7 Å². The summed E-state index contributed by atoms with van der Waals surface area (Å²) < 4.78 is 24.7. The Morgan fingerprint density at radius 2 is 1.86 bits per heavy atom. The van der Waals surface area contributed by atoms with Crippen molar-refractivity contribution in [2.45, 2.75) is 13.5 Å². The van der Waals surface area contributed by atoms with Gasteiger partial charge in [-0.2, -0.15) is 0 Å². The SMILES string of the molecule is CCNCc1ccc(F)cc1-c1ccc2c(c1)OCCO2. The average molecular weight is 287 g/mol. The van der Waals surface area contributed by atoms with Gasteiger partial charge < -0.3 is 14.8 Å². The Balaban J connectivity index is 2.00. The Morgan fingerprint density at radius 1 is 1.05 bits per heavy atom. The molecule has 3 rings (SSSR count). The van der Waals surface area contributed by atoms with Gasteiger partial charge in [0, 0.05) is 6.54 Å². The molecule has 1 aliphatic heterocycles. The third kappa shape index (κ3) is 3.00. The van der Waals surface area contributed by atoms with Crippen molar-refractivity contribution >= 4 is 0 Å². The quantitative estimate of drug-likeness (QED) is 0.935. The number of hydrogen-bond acceptors (Lipinski definition) is 3. The topological polar surface area (TPSA) is 30.5 Å². The molecule has 2 aromatic carbocycles. The smallest absolute Gasteiger partial charge is 0.161 e. The van der Waals surface area contributed by atoms with Crippen LogP contribution in [0.3, 0.4) is 0 Å². The van der Waals surface area contributed by atoms with Crippen LogP contribution < -0.4 is 14.8 Å². The predicted octanol–water partition coefficient (Wildman–Crippen LogP) is 3.37. The Morgan fingerprint density at radius 3 is 2.67 bits per heavy atom. The van der Waals surface area contributed by atoms with E-state index in [2.05, 4.69) is 5.32 Å². The Labute approximate surface area is 123 Å². The fourth-order valence-corrected chi connectivity index (χ4v) is 2.44. The number of halogens is 1. The Bertz CT molecular complexity index is 643. The Hall–Kier alpha value is -2.07. The molecular weight excluding hydrogens is 269 g/mol. The van der Waals surface area contributed by atoms with E-state index in [1.807, 2.05) is 31.2 Å². The third-order valence-electron chi connectivity index (χ3n) is 3.49. The minimum atomic E-state index is -0.236. The second-order valence-corrected chi connectivity index (χ2v) is 4.94. The van der Waals surface area contributed by atoms with Crippen LogP contribution in [0.15, 0.2) is 36.4 Å². The van der Waals surface area contributed by atoms with Gasteiger partial charge in [-0.25, -0.2) is 4.39 Å². The predicted molar refractivity (Wildman–Crippen MR) is 80.2 cm³/mol. The minimum Gasteiger partial charge on any atom is -0.486 e. The van der Waals surface area contributed by atoms with Crippen molar-refractivity contribution in [3.63, 3.8) is 0 Å². The van der Waals surface area contributed by atoms with E-state index in [9.17, 15) is 4.39 Å². The largest absolute Gasteiger partial charge is 0.486 e. The molecule has 0 aromatic heterocycles. The molecule has 0 saturated heterocycles. The van der Waals surface area contributed by atoms with Gasteiger partial charge in [0.15, 0.2) is 11.5 Å². The van der Waals surface area contributed by atoms with Gasteiger partial charge in [-0.1, -0.05) is 19.1 Å². The van der Waals surface area contributed by atoms with Crippen molar-refractivity contribution in [2.24, 2.45) is 0 Å². The molecule has 1 heterocycles. The number of rotatable bonds is 4. The van der Waals surface area contributed by atoms with Crippen molar-refractivity contribution in [3.8, 4) is 22.6 Å². The lowest BCUT2D eigenvalue weighted by Gasteiger charge is -2.19. The average Bonchev–Trinajstić information content (AvgIpc) is 2.53. The highest BCUT2D eigenvalue weighted by molar-refractivity contribution is 5.70. The second-order valence-electron chi connectivity index (χ2n) is 4.94. The van der Waals surface area contributed by atoms with Gasteiger partial charge in [-0.15, -0.1) is 0 Å². The molecule has 3 nitrogen and oxygen atoms in total. The monoisotopic (exact) mass is 287 g/mol. The normalized spacial score (nSPS) is 13.2. The molecule has 1 N–H and O–H groups in total. The molecule has 21 heavy (non-hydrogen) atoms. The standard InChI is InChI=1S/C17H18FNO2/c1-2-19-11-13-3-5-14(18)10-15(13)12-4-6-16-17(9-12)21-8-7-20-16/h3-6,9-10,19H,2,7-8,11H2,1H3. The molecule has 2 aromatic rings. The van der Waals surface area contributed by atoms with Crippen molar-refractivity contribution in [1.29, 1.82) is 0 Å². The van der Waals surface area contributed by atoms with Gasteiger partial charge in [-0.3, -0.25) is 0 Å². The summed E-state index contributed by atoms with van der Waals surface area (Å²) in [5.74, 6) is 1.23. The highest BCUT2D eigenvalue weighted by atomic mass is 19.1. The molecule has 110 valence electrons. The van der Waals surface area contributed by atoms with Crippen LogP contribution in [-0.4, -0.2) is 19.8 Å². The summed E-state index contributed by atoms with van der Waals surface area (Å²) in [6, 6.07) is 10.6. The van der Waals surface area contributed by atoms with Crippen LogP contribution in [-0.2, 0) is 6.54 Å². The first kappa shape index (κ1) is 13.9. The second kappa shape index (κ2) is 6.14. The highest BCUT2D eigenvalue weighted by Crippen LogP contribution is 2.35. The van der Waals surface area contributed by atoms with Crippen LogP contribution >= 0.6 is 0 Å². The van der Waals surface area contributed by atoms with Gasteiger partial charge in [0.25, 0.3) is 0 Å². The van der Waals surface area contributed by atoms with Gasteiger partial charge >= 0.3 is 0 Å². The molecular formula is C17H18FNO2. The lowest BCUT2D eigenvalue weighted by molar-refractivity contribution is 0.171. The van der Waals surface area contributed by atoms with Crippen molar-refractivity contribution < 1.29 is 13.9 Å². The van der Waals surface area contributed by atoms with E-state index in [1.54, 1.807) is 6.07 Å². The van der Waals surface area contributed by atoms with Crippen LogP contribution in [0.2, 0.25) is 0 Å². The number of ether oxygens (including phenoxy) is 2. The molecule has 0 amide bonds. The van der Waals surface area contributed by atoms with E-state index in [0.29, 0.717) is 19.8 Å². The summed E-state index contributed by atoms with van der Waals surface area (Å²) in [4.78, 5) is 0. The molecule has 0 radical (unpaired) electrons. The zero-order chi connectivity index (χ0) is 14.7. The highest BCUT2D eigenvalue weighted by Gasteiger charge is 2.14. The van der Waals surface area contributed by atoms with E-state index in [4.69, 9.17) is 9.47 Å². The first-order chi connectivity index (χ1) is 10.3. The van der Waals surface area contributed by atoms with E-state index in [1.165, 1.54) is 6.07 Å². The van der Waals surface area contributed by atoms with Crippen LogP contribution in [0, 0.1) is 5.82 Å². The fraction of sp³-hybridized carbons (Fsp3) is 0.294. The molecule has 0 atom stereocenters. The Kier molecular flexibility index (Phi) is 4.06. The zero-order valence-electron chi connectivity index (χ0n) is 12.0. The van der Waals surface area contributed by atoms with Crippen LogP contribution in [0.4, 0.5) is 4.39 Å². The molecule has 0 aliphatic carbocycles. The molecule has 1 aliphatic rings. The summed E-state index contributed by atoms with van der Waals surface area (Å²) in [6.45, 7) is 4.74. The van der Waals surface area contributed by atoms with Crippen LogP contribution in [0.5, 0.6) is 11.5 Å². The van der Waals surface area contributed by atoms with Crippen LogP contribution in [0.25, 0.3) is 11.1 Å². The first-order valence-corrected chi connectivity index (χ1v) is 7.17. The number of fused-ring (bicyclic) bond motifs is 1. The third-order valence-corrected chi connectivity index (χ3v) is 3.49. The molecule has 0 spiro atoms. The minimum absolute atomic E-state index is 0.236. The van der Waals surface area contributed by atoms with Crippen molar-refractivity contribution in [2.75, 3.05) is 19.8 Å². The summed E-state index contributed by atoms with van der Waals surface area (Å²) in [7, 11) is 0. The molecule has 0 fully saturated rings. The fourth-order valence-electron chi connectivity index (χ4n) is 2.44. The lowest BCUT2D eigenvalue weighted by Crippen LogP contribution is -2.15. The van der Waals surface area contributed by atoms with Gasteiger partial charge in [0.2, 0.25) is 0 Å². The van der Waals surface area contributed by atoms with Crippen LogP contribution in [0.1, 0.15) is 12.5 Å².